The summed E-state index contributed by atoms with van der Waals surface area (Å²) < 4.78 is 10.2. The molecule has 0 aliphatic heterocycles. The van der Waals surface area contributed by atoms with Crippen LogP contribution in [0.25, 0.3) is 0 Å². The standard InChI is InChI=1S/C21H21N3O4S/c1-3-15-6-8-16(9-7-15)23-19(25)12-27-21(26)18-5-4-10-22-20(18)29-13-17-11-14(2)28-24-17/h4-11H,3,12-13H2,1-2H3,(H,23,25). The summed E-state index contributed by atoms with van der Waals surface area (Å²) in [6, 6.07) is 12.6. The van der Waals surface area contributed by atoms with Crippen molar-refractivity contribution in [3.63, 3.8) is 0 Å². The summed E-state index contributed by atoms with van der Waals surface area (Å²) in [5.41, 5.74) is 2.89. The minimum Gasteiger partial charge on any atom is -0.452 e. The minimum absolute atomic E-state index is 0.304. The zero-order chi connectivity index (χ0) is 20.6. The van der Waals surface area contributed by atoms with E-state index in [1.807, 2.05) is 37.3 Å². The summed E-state index contributed by atoms with van der Waals surface area (Å²) in [5.74, 6) is 0.215. The first-order valence-electron chi connectivity index (χ1n) is 9.11. The lowest BCUT2D eigenvalue weighted by Gasteiger charge is -2.09. The van der Waals surface area contributed by atoms with Crippen LogP contribution in [0.3, 0.4) is 0 Å². The van der Waals surface area contributed by atoms with E-state index in [1.54, 1.807) is 18.3 Å². The number of anilines is 1. The number of carbonyl (C=O) groups is 2. The number of esters is 1. The zero-order valence-corrected chi connectivity index (χ0v) is 17.0. The van der Waals surface area contributed by atoms with Crippen LogP contribution in [0.15, 0.2) is 58.2 Å². The second kappa shape index (κ2) is 9.88. The molecule has 3 rings (SSSR count). The Morgan fingerprint density at radius 2 is 2.00 bits per heavy atom. The average molecular weight is 411 g/mol. The van der Waals surface area contributed by atoms with Gasteiger partial charge in [0, 0.05) is 23.7 Å². The molecule has 7 nitrogen and oxygen atoms in total. The maximum absolute atomic E-state index is 12.4. The molecule has 0 aliphatic carbocycles. The Morgan fingerprint density at radius 1 is 1.21 bits per heavy atom. The van der Waals surface area contributed by atoms with Crippen molar-refractivity contribution in [3.05, 3.63) is 71.2 Å². The van der Waals surface area contributed by atoms with E-state index in [0.717, 1.165) is 17.9 Å². The van der Waals surface area contributed by atoms with E-state index in [2.05, 4.69) is 22.4 Å². The summed E-state index contributed by atoms with van der Waals surface area (Å²) in [6.07, 6.45) is 2.52. The molecule has 0 unspecified atom stereocenters. The molecule has 8 heteroatoms. The predicted octanol–water partition coefficient (Wildman–Crippen LogP) is 4.03. The predicted molar refractivity (Wildman–Crippen MR) is 110 cm³/mol. The number of ether oxygens (including phenoxy) is 1. The number of rotatable bonds is 8. The SMILES string of the molecule is CCc1ccc(NC(=O)COC(=O)c2cccnc2SCc2cc(C)on2)cc1. The highest BCUT2D eigenvalue weighted by Gasteiger charge is 2.16. The molecule has 0 aliphatic rings. The molecule has 0 saturated heterocycles. The third-order valence-corrected chi connectivity index (χ3v) is 5.04. The monoisotopic (exact) mass is 411 g/mol. The van der Waals surface area contributed by atoms with Crippen molar-refractivity contribution in [2.24, 2.45) is 0 Å². The number of amides is 1. The van der Waals surface area contributed by atoms with Gasteiger partial charge < -0.3 is 14.6 Å². The minimum atomic E-state index is -0.603. The maximum Gasteiger partial charge on any atom is 0.341 e. The van der Waals surface area contributed by atoms with Crippen LogP contribution in [0, 0.1) is 6.92 Å². The van der Waals surface area contributed by atoms with Gasteiger partial charge in [0.2, 0.25) is 0 Å². The van der Waals surface area contributed by atoms with Crippen LogP contribution in [-0.2, 0) is 21.7 Å². The van der Waals surface area contributed by atoms with E-state index >= 15 is 0 Å². The molecule has 1 amide bonds. The molecule has 0 fully saturated rings. The van der Waals surface area contributed by atoms with Crippen LogP contribution in [-0.4, -0.2) is 28.6 Å². The van der Waals surface area contributed by atoms with Crippen LogP contribution in [0.4, 0.5) is 5.69 Å². The number of nitrogens with one attached hydrogen (secondary N) is 1. The highest BCUT2D eigenvalue weighted by atomic mass is 32.2. The van der Waals surface area contributed by atoms with Crippen LogP contribution >= 0.6 is 11.8 Å². The first kappa shape index (κ1) is 20.6. The highest BCUT2D eigenvalue weighted by molar-refractivity contribution is 7.98. The van der Waals surface area contributed by atoms with Gasteiger partial charge in [0.1, 0.15) is 10.8 Å². The lowest BCUT2D eigenvalue weighted by atomic mass is 10.1. The van der Waals surface area contributed by atoms with Gasteiger partial charge in [0.15, 0.2) is 6.61 Å². The van der Waals surface area contributed by atoms with Gasteiger partial charge in [-0.05, 0) is 43.2 Å². The van der Waals surface area contributed by atoms with Crippen LogP contribution in [0.2, 0.25) is 0 Å². The number of hydrogen-bond acceptors (Lipinski definition) is 7. The van der Waals surface area contributed by atoms with Crippen LogP contribution < -0.4 is 5.32 Å². The van der Waals surface area contributed by atoms with Crippen molar-refractivity contribution in [1.29, 1.82) is 0 Å². The van der Waals surface area contributed by atoms with E-state index in [4.69, 9.17) is 9.26 Å². The number of thioether (sulfide) groups is 1. The summed E-state index contributed by atoms with van der Waals surface area (Å²) in [7, 11) is 0. The molecular formula is C21H21N3O4S. The summed E-state index contributed by atoms with van der Waals surface area (Å²) in [4.78, 5) is 28.7. The molecule has 29 heavy (non-hydrogen) atoms. The molecule has 0 spiro atoms. The Labute approximate surface area is 172 Å². The number of aryl methyl sites for hydroxylation is 2. The first-order valence-corrected chi connectivity index (χ1v) is 10.1. The molecule has 2 aromatic heterocycles. The van der Waals surface area contributed by atoms with Gasteiger partial charge in [-0.25, -0.2) is 9.78 Å². The second-order valence-electron chi connectivity index (χ2n) is 6.25. The zero-order valence-electron chi connectivity index (χ0n) is 16.2. The molecule has 1 N–H and O–H groups in total. The van der Waals surface area contributed by atoms with Gasteiger partial charge in [-0.3, -0.25) is 4.79 Å². The lowest BCUT2D eigenvalue weighted by molar-refractivity contribution is -0.119. The van der Waals surface area contributed by atoms with E-state index in [-0.39, 0.29) is 6.61 Å². The number of carbonyl (C=O) groups excluding carboxylic acids is 2. The second-order valence-corrected chi connectivity index (χ2v) is 7.21. The molecule has 0 bridgehead atoms. The van der Waals surface area contributed by atoms with Crippen molar-refractivity contribution >= 4 is 29.3 Å². The largest absolute Gasteiger partial charge is 0.452 e. The summed E-state index contributed by atoms with van der Waals surface area (Å²) in [6.45, 7) is 3.49. The van der Waals surface area contributed by atoms with Crippen molar-refractivity contribution in [2.45, 2.75) is 31.0 Å². The van der Waals surface area contributed by atoms with Gasteiger partial charge in [-0.15, -0.1) is 0 Å². The first-order chi connectivity index (χ1) is 14.0. The summed E-state index contributed by atoms with van der Waals surface area (Å²) >= 11 is 1.35. The van der Waals surface area contributed by atoms with Gasteiger partial charge >= 0.3 is 5.97 Å². The fraction of sp³-hybridized carbons (Fsp3) is 0.238. The van der Waals surface area contributed by atoms with Crippen molar-refractivity contribution in [3.8, 4) is 0 Å². The topological polar surface area (TPSA) is 94.3 Å². The molecule has 0 atom stereocenters. The molecule has 3 aromatic rings. The molecule has 1 aromatic carbocycles. The van der Waals surface area contributed by atoms with E-state index < -0.39 is 11.9 Å². The fourth-order valence-electron chi connectivity index (χ4n) is 2.52. The van der Waals surface area contributed by atoms with E-state index in [9.17, 15) is 9.59 Å². The Balaban J connectivity index is 1.55. The van der Waals surface area contributed by atoms with E-state index in [0.29, 0.717) is 22.0 Å². The molecular weight excluding hydrogens is 390 g/mol. The van der Waals surface area contributed by atoms with Gasteiger partial charge in [0.05, 0.1) is 11.3 Å². The third-order valence-electron chi connectivity index (χ3n) is 4.00. The summed E-state index contributed by atoms with van der Waals surface area (Å²) in [5, 5.41) is 7.14. The maximum atomic E-state index is 12.4. The normalized spacial score (nSPS) is 10.6. The smallest absolute Gasteiger partial charge is 0.341 e. The fourth-order valence-corrected chi connectivity index (χ4v) is 3.38. The quantitative estimate of drug-likeness (QED) is 0.442. The Kier molecular flexibility index (Phi) is 7.02. The molecule has 2 heterocycles. The van der Waals surface area contributed by atoms with Crippen LogP contribution in [0.1, 0.15) is 34.3 Å². The number of pyridine rings is 1. The van der Waals surface area contributed by atoms with Crippen molar-refractivity contribution in [1.82, 2.24) is 10.1 Å². The Hall–Kier alpha value is -3.13. The highest BCUT2D eigenvalue weighted by Crippen LogP contribution is 2.24. The van der Waals surface area contributed by atoms with Gasteiger partial charge in [0.25, 0.3) is 5.91 Å². The average Bonchev–Trinajstić information content (AvgIpc) is 3.16. The van der Waals surface area contributed by atoms with E-state index in [1.165, 1.54) is 17.3 Å². The Bertz CT molecular complexity index is 986. The third kappa shape index (κ3) is 5.92. The number of nitrogens with zero attached hydrogens (tertiary/aromatic N) is 2. The number of hydrogen-bond donors (Lipinski definition) is 1. The van der Waals surface area contributed by atoms with Crippen LogP contribution in [0.5, 0.6) is 0 Å². The lowest BCUT2D eigenvalue weighted by Crippen LogP contribution is -2.21. The number of benzene rings is 1. The van der Waals surface area contributed by atoms with Crippen molar-refractivity contribution in [2.75, 3.05) is 11.9 Å². The van der Waals surface area contributed by atoms with Gasteiger partial charge in [-0.1, -0.05) is 36.0 Å². The Morgan fingerprint density at radius 3 is 2.69 bits per heavy atom. The molecule has 150 valence electrons. The van der Waals surface area contributed by atoms with Crippen molar-refractivity contribution < 1.29 is 18.8 Å². The van der Waals surface area contributed by atoms with Gasteiger partial charge in [-0.2, -0.15) is 0 Å². The molecule has 0 saturated carbocycles. The number of aromatic nitrogens is 2. The molecule has 0 radical (unpaired) electrons.